The van der Waals surface area contributed by atoms with Crippen molar-refractivity contribution in [2.75, 3.05) is 12.4 Å². The van der Waals surface area contributed by atoms with Crippen molar-refractivity contribution < 1.29 is 18.4 Å². The van der Waals surface area contributed by atoms with Crippen LogP contribution in [0.15, 0.2) is 64.0 Å². The van der Waals surface area contributed by atoms with Crippen molar-refractivity contribution in [1.82, 2.24) is 9.80 Å². The highest BCUT2D eigenvalue weighted by Crippen LogP contribution is 2.23. The van der Waals surface area contributed by atoms with Crippen molar-refractivity contribution in [3.8, 4) is 0 Å². The molecule has 6 nitrogen and oxygen atoms in total. The van der Waals surface area contributed by atoms with Crippen LogP contribution in [0.5, 0.6) is 0 Å². The Morgan fingerprint density at radius 3 is 2.39 bits per heavy atom. The standard InChI is InChI=1S/C28H32ClFN2O4/c1-5-19(2)32(27(35)28(3,4)18-29)16-25(33)31(14-20-10-12-22(30)13-11-20)15-21-17-36-24-9-7-6-8-23(24)26(21)34/h6-13,17,19H,5,14-16,18H2,1-4H3. The van der Waals surface area contributed by atoms with Gasteiger partial charge in [0.2, 0.25) is 11.8 Å². The number of fused-ring (bicyclic) bond motifs is 1. The Balaban J connectivity index is 1.95. The van der Waals surface area contributed by atoms with Crippen LogP contribution in [0.3, 0.4) is 0 Å². The molecule has 3 aromatic rings. The zero-order valence-electron chi connectivity index (χ0n) is 21.1. The van der Waals surface area contributed by atoms with E-state index in [9.17, 15) is 18.8 Å². The van der Waals surface area contributed by atoms with Crippen LogP contribution in [0.4, 0.5) is 4.39 Å². The molecule has 0 saturated carbocycles. The maximum atomic E-state index is 13.6. The van der Waals surface area contributed by atoms with Gasteiger partial charge in [-0.1, -0.05) is 31.2 Å². The number of carbonyl (C=O) groups excluding carboxylic acids is 2. The molecule has 0 N–H and O–H groups in total. The molecular formula is C28H32ClFN2O4. The summed E-state index contributed by atoms with van der Waals surface area (Å²) < 4.78 is 19.1. The average Bonchev–Trinajstić information content (AvgIpc) is 2.88. The number of benzene rings is 2. The molecule has 0 spiro atoms. The highest BCUT2D eigenvalue weighted by molar-refractivity contribution is 6.19. The molecule has 0 radical (unpaired) electrons. The summed E-state index contributed by atoms with van der Waals surface area (Å²) in [7, 11) is 0. The summed E-state index contributed by atoms with van der Waals surface area (Å²) >= 11 is 6.05. The normalized spacial score (nSPS) is 12.4. The summed E-state index contributed by atoms with van der Waals surface area (Å²) in [6.45, 7) is 7.26. The molecule has 1 atom stereocenters. The molecule has 0 aliphatic rings. The first-order chi connectivity index (χ1) is 17.1. The van der Waals surface area contributed by atoms with Crippen LogP contribution < -0.4 is 5.43 Å². The smallest absolute Gasteiger partial charge is 0.242 e. The SMILES string of the molecule is CCC(C)N(CC(=O)N(Cc1ccc(F)cc1)Cc1coc2ccccc2c1=O)C(=O)C(C)(C)CCl. The lowest BCUT2D eigenvalue weighted by molar-refractivity contribution is -0.148. The van der Waals surface area contributed by atoms with Crippen LogP contribution in [0.2, 0.25) is 0 Å². The molecule has 2 aromatic carbocycles. The van der Waals surface area contributed by atoms with Gasteiger partial charge in [-0.2, -0.15) is 0 Å². The number of hydrogen-bond donors (Lipinski definition) is 0. The maximum absolute atomic E-state index is 13.6. The minimum atomic E-state index is -0.841. The number of carbonyl (C=O) groups is 2. The Morgan fingerprint density at radius 1 is 1.08 bits per heavy atom. The number of nitrogens with zero attached hydrogens (tertiary/aromatic N) is 2. The molecular weight excluding hydrogens is 483 g/mol. The second kappa shape index (κ2) is 11.7. The highest BCUT2D eigenvalue weighted by Gasteiger charge is 2.35. The van der Waals surface area contributed by atoms with Crippen LogP contribution >= 0.6 is 11.6 Å². The van der Waals surface area contributed by atoms with Crippen LogP contribution in [0.1, 0.15) is 45.2 Å². The van der Waals surface area contributed by atoms with E-state index in [4.69, 9.17) is 16.0 Å². The molecule has 0 bridgehead atoms. The van der Waals surface area contributed by atoms with Gasteiger partial charge in [-0.05, 0) is 57.0 Å². The largest absolute Gasteiger partial charge is 0.464 e. The van der Waals surface area contributed by atoms with Gasteiger partial charge >= 0.3 is 0 Å². The molecule has 3 rings (SSSR count). The average molecular weight is 515 g/mol. The fraction of sp³-hybridized carbons (Fsp3) is 0.393. The quantitative estimate of drug-likeness (QED) is 0.342. The zero-order valence-corrected chi connectivity index (χ0v) is 21.8. The van der Waals surface area contributed by atoms with Gasteiger partial charge in [0, 0.05) is 18.5 Å². The third-order valence-electron chi connectivity index (χ3n) is 6.35. The summed E-state index contributed by atoms with van der Waals surface area (Å²) in [6.07, 6.45) is 2.02. The maximum Gasteiger partial charge on any atom is 0.242 e. The Hall–Kier alpha value is -3.19. The Kier molecular flexibility index (Phi) is 8.90. The van der Waals surface area contributed by atoms with E-state index in [1.807, 2.05) is 13.8 Å². The Morgan fingerprint density at radius 2 is 1.75 bits per heavy atom. The lowest BCUT2D eigenvalue weighted by Gasteiger charge is -2.36. The van der Waals surface area contributed by atoms with Crippen LogP contribution in [-0.4, -0.2) is 40.1 Å². The summed E-state index contributed by atoms with van der Waals surface area (Å²) in [4.78, 5) is 43.1. The fourth-order valence-corrected chi connectivity index (χ4v) is 3.93. The summed E-state index contributed by atoms with van der Waals surface area (Å²) in [6, 6.07) is 12.5. The lowest BCUT2D eigenvalue weighted by Crippen LogP contribution is -2.51. The van der Waals surface area contributed by atoms with Crippen molar-refractivity contribution in [1.29, 1.82) is 0 Å². The molecule has 0 fully saturated rings. The van der Waals surface area contributed by atoms with Crippen LogP contribution in [-0.2, 0) is 22.7 Å². The minimum Gasteiger partial charge on any atom is -0.464 e. The van der Waals surface area contributed by atoms with Gasteiger partial charge in [0.15, 0.2) is 5.43 Å². The van der Waals surface area contributed by atoms with Gasteiger partial charge in [-0.15, -0.1) is 11.6 Å². The first-order valence-corrected chi connectivity index (χ1v) is 12.5. The molecule has 0 saturated heterocycles. The summed E-state index contributed by atoms with van der Waals surface area (Å²) in [5, 5.41) is 0.421. The molecule has 0 aliphatic carbocycles. The second-order valence-corrected chi connectivity index (χ2v) is 9.94. The second-order valence-electron chi connectivity index (χ2n) is 9.67. The van der Waals surface area contributed by atoms with E-state index in [0.29, 0.717) is 28.5 Å². The number of halogens is 2. The third-order valence-corrected chi connectivity index (χ3v) is 7.02. The van der Waals surface area contributed by atoms with E-state index in [0.717, 1.165) is 0 Å². The van der Waals surface area contributed by atoms with Gasteiger partial charge in [0.1, 0.15) is 17.9 Å². The molecule has 1 aromatic heterocycles. The van der Waals surface area contributed by atoms with Crippen LogP contribution in [0, 0.1) is 11.2 Å². The van der Waals surface area contributed by atoms with E-state index in [1.165, 1.54) is 23.3 Å². The van der Waals surface area contributed by atoms with Gasteiger partial charge in [-0.25, -0.2) is 4.39 Å². The van der Waals surface area contributed by atoms with E-state index in [-0.39, 0.29) is 54.6 Å². The van der Waals surface area contributed by atoms with Crippen molar-refractivity contribution in [3.05, 3.63) is 82.0 Å². The molecule has 1 heterocycles. The van der Waals surface area contributed by atoms with Crippen molar-refractivity contribution in [2.45, 2.75) is 53.2 Å². The van der Waals surface area contributed by atoms with Crippen molar-refractivity contribution in [3.63, 3.8) is 0 Å². The first-order valence-electron chi connectivity index (χ1n) is 12.0. The molecule has 1 unspecified atom stereocenters. The lowest BCUT2D eigenvalue weighted by atomic mass is 9.93. The Bertz CT molecular complexity index is 1270. The van der Waals surface area contributed by atoms with Gasteiger partial charge in [0.25, 0.3) is 0 Å². The zero-order chi connectivity index (χ0) is 26.5. The third kappa shape index (κ3) is 6.32. The number of hydrogen-bond acceptors (Lipinski definition) is 4. The monoisotopic (exact) mass is 514 g/mol. The van der Waals surface area contributed by atoms with E-state index in [1.54, 1.807) is 55.1 Å². The number of amides is 2. The van der Waals surface area contributed by atoms with Crippen molar-refractivity contribution in [2.24, 2.45) is 5.41 Å². The first kappa shape index (κ1) is 27.4. The molecule has 36 heavy (non-hydrogen) atoms. The van der Waals surface area contributed by atoms with Gasteiger partial charge < -0.3 is 14.2 Å². The number of rotatable bonds is 10. The minimum absolute atomic E-state index is 0.0230. The van der Waals surface area contributed by atoms with E-state index >= 15 is 0 Å². The molecule has 192 valence electrons. The highest BCUT2D eigenvalue weighted by atomic mass is 35.5. The van der Waals surface area contributed by atoms with Gasteiger partial charge in [-0.3, -0.25) is 14.4 Å². The summed E-state index contributed by atoms with van der Waals surface area (Å²) in [5.74, 6) is -0.827. The van der Waals surface area contributed by atoms with Crippen LogP contribution in [0.25, 0.3) is 11.0 Å². The predicted octanol–water partition coefficient (Wildman–Crippen LogP) is 5.35. The fourth-order valence-electron chi connectivity index (χ4n) is 3.82. The number of alkyl halides is 1. The topological polar surface area (TPSA) is 70.8 Å². The summed E-state index contributed by atoms with van der Waals surface area (Å²) in [5.41, 5.74) is 0.391. The van der Waals surface area contributed by atoms with E-state index in [2.05, 4.69) is 0 Å². The Labute approximate surface area is 215 Å². The molecule has 0 aliphatic heterocycles. The molecule has 2 amide bonds. The van der Waals surface area contributed by atoms with Crippen molar-refractivity contribution >= 4 is 34.4 Å². The number of para-hydroxylation sites is 1. The van der Waals surface area contributed by atoms with E-state index < -0.39 is 5.41 Å². The van der Waals surface area contributed by atoms with Gasteiger partial charge in [0.05, 0.1) is 29.2 Å². The molecule has 8 heteroatoms. The predicted molar refractivity (Wildman–Crippen MR) is 139 cm³/mol.